The topological polar surface area (TPSA) is 135 Å². The standard InChI is InChI=1S/C22H24N4O5S2/c1-32(28,29)15-9-7-14(8-10-15)26-18(13-27)24-19-20(26)17-11-12-23-21(17)25-22(19)33(30,31)16-5-3-2-4-6-16/h2-6,11-12,14-15,27H,7-10,13H2,1H3,(H,23,25). The number of nitrogens with one attached hydrogen (secondary N) is 1. The third-order valence-corrected chi connectivity index (χ3v) is 9.81. The van der Waals surface area contributed by atoms with E-state index < -0.39 is 19.7 Å². The number of sulfone groups is 2. The van der Waals surface area contributed by atoms with E-state index in [1.54, 1.807) is 24.4 Å². The molecule has 2 N–H and O–H groups in total. The molecule has 0 saturated heterocycles. The Morgan fingerprint density at radius 2 is 1.73 bits per heavy atom. The fourth-order valence-electron chi connectivity index (χ4n) is 4.82. The molecule has 0 aliphatic heterocycles. The molecule has 9 nitrogen and oxygen atoms in total. The zero-order chi connectivity index (χ0) is 23.4. The number of benzene rings is 1. The van der Waals surface area contributed by atoms with Crippen LogP contribution in [0.5, 0.6) is 0 Å². The summed E-state index contributed by atoms with van der Waals surface area (Å²) in [6.07, 6.45) is 5.14. The number of H-pyrrole nitrogens is 1. The van der Waals surface area contributed by atoms with Crippen LogP contribution in [0.2, 0.25) is 0 Å². The lowest BCUT2D eigenvalue weighted by Gasteiger charge is -2.29. The molecule has 3 aromatic heterocycles. The van der Waals surface area contributed by atoms with Crippen LogP contribution in [0.1, 0.15) is 37.5 Å². The fourth-order valence-corrected chi connectivity index (χ4v) is 7.29. The van der Waals surface area contributed by atoms with Crippen molar-refractivity contribution in [3.63, 3.8) is 0 Å². The van der Waals surface area contributed by atoms with Gasteiger partial charge in [0.15, 0.2) is 5.03 Å². The number of hydrogen-bond acceptors (Lipinski definition) is 7. The lowest BCUT2D eigenvalue weighted by atomic mass is 9.94. The van der Waals surface area contributed by atoms with Crippen molar-refractivity contribution in [2.24, 2.45) is 0 Å². The zero-order valence-corrected chi connectivity index (χ0v) is 19.6. The number of aliphatic hydroxyl groups is 1. The van der Waals surface area contributed by atoms with Crippen LogP contribution in [-0.4, -0.2) is 53.0 Å². The summed E-state index contributed by atoms with van der Waals surface area (Å²) < 4.78 is 52.9. The number of fused-ring (bicyclic) bond motifs is 3. The Balaban J connectivity index is 1.73. The maximum absolute atomic E-state index is 13.5. The SMILES string of the molecule is CS(=O)(=O)C1CCC(n2c(CO)nc3c(S(=O)(=O)c4ccccc4)nc4[nH]ccc4c32)CC1. The minimum atomic E-state index is -3.97. The summed E-state index contributed by atoms with van der Waals surface area (Å²) in [6, 6.07) is 9.76. The monoisotopic (exact) mass is 488 g/mol. The second kappa shape index (κ2) is 7.93. The van der Waals surface area contributed by atoms with Gasteiger partial charge in [-0.05, 0) is 43.9 Å². The number of imidazole rings is 1. The highest BCUT2D eigenvalue weighted by Gasteiger charge is 2.33. The molecular weight excluding hydrogens is 464 g/mol. The Kier molecular flexibility index (Phi) is 5.30. The van der Waals surface area contributed by atoms with E-state index in [0.29, 0.717) is 48.1 Å². The predicted molar refractivity (Wildman–Crippen MR) is 123 cm³/mol. The van der Waals surface area contributed by atoms with E-state index in [0.717, 1.165) is 0 Å². The van der Waals surface area contributed by atoms with Gasteiger partial charge in [0, 0.05) is 23.9 Å². The van der Waals surface area contributed by atoms with Crippen LogP contribution in [0.15, 0.2) is 52.5 Å². The molecule has 3 heterocycles. The van der Waals surface area contributed by atoms with Gasteiger partial charge in [-0.15, -0.1) is 0 Å². The molecule has 1 saturated carbocycles. The van der Waals surface area contributed by atoms with Crippen molar-refractivity contribution in [1.82, 2.24) is 19.5 Å². The molecule has 0 atom stereocenters. The minimum Gasteiger partial charge on any atom is -0.388 e. The van der Waals surface area contributed by atoms with Gasteiger partial charge >= 0.3 is 0 Å². The van der Waals surface area contributed by atoms with Crippen LogP contribution in [-0.2, 0) is 26.3 Å². The molecule has 33 heavy (non-hydrogen) atoms. The van der Waals surface area contributed by atoms with Gasteiger partial charge in [-0.25, -0.2) is 26.8 Å². The van der Waals surface area contributed by atoms with Gasteiger partial charge in [0.25, 0.3) is 0 Å². The van der Waals surface area contributed by atoms with Gasteiger partial charge in [0.1, 0.15) is 33.4 Å². The third kappa shape index (κ3) is 3.64. The van der Waals surface area contributed by atoms with Crippen LogP contribution in [0.25, 0.3) is 22.1 Å². The lowest BCUT2D eigenvalue weighted by molar-refractivity contribution is 0.253. The molecule has 174 valence electrons. The van der Waals surface area contributed by atoms with Gasteiger partial charge in [-0.3, -0.25) is 0 Å². The summed E-state index contributed by atoms with van der Waals surface area (Å²) in [5.41, 5.74) is 1.20. The molecule has 1 aliphatic rings. The largest absolute Gasteiger partial charge is 0.388 e. The average molecular weight is 489 g/mol. The van der Waals surface area contributed by atoms with E-state index in [1.807, 2.05) is 10.6 Å². The predicted octanol–water partition coefficient (Wildman–Crippen LogP) is 2.77. The molecule has 0 unspecified atom stereocenters. The highest BCUT2D eigenvalue weighted by atomic mass is 32.2. The van der Waals surface area contributed by atoms with Crippen molar-refractivity contribution >= 4 is 41.7 Å². The Labute approximate surface area is 191 Å². The van der Waals surface area contributed by atoms with Gasteiger partial charge in [-0.1, -0.05) is 18.2 Å². The summed E-state index contributed by atoms with van der Waals surface area (Å²) in [5, 5.41) is 10.3. The summed E-state index contributed by atoms with van der Waals surface area (Å²) >= 11 is 0. The van der Waals surface area contributed by atoms with Crippen LogP contribution in [0, 0.1) is 0 Å². The van der Waals surface area contributed by atoms with Crippen molar-refractivity contribution < 1.29 is 21.9 Å². The highest BCUT2D eigenvalue weighted by molar-refractivity contribution is 7.91. The van der Waals surface area contributed by atoms with Crippen LogP contribution < -0.4 is 0 Å². The number of aromatic amines is 1. The molecule has 1 aliphatic carbocycles. The average Bonchev–Trinajstić information content (AvgIpc) is 3.42. The first-order valence-electron chi connectivity index (χ1n) is 10.7. The number of nitrogens with zero attached hydrogens (tertiary/aromatic N) is 3. The van der Waals surface area contributed by atoms with Crippen LogP contribution in [0.4, 0.5) is 0 Å². The third-order valence-electron chi connectivity index (χ3n) is 6.44. The highest BCUT2D eigenvalue weighted by Crippen LogP contribution is 2.39. The maximum Gasteiger partial charge on any atom is 0.226 e. The van der Waals surface area contributed by atoms with E-state index in [4.69, 9.17) is 0 Å². The van der Waals surface area contributed by atoms with Crippen LogP contribution >= 0.6 is 0 Å². The quantitative estimate of drug-likeness (QED) is 0.441. The van der Waals surface area contributed by atoms with Crippen molar-refractivity contribution in [2.45, 2.75) is 53.5 Å². The number of pyridine rings is 1. The van der Waals surface area contributed by atoms with E-state index in [-0.39, 0.29) is 33.3 Å². The zero-order valence-electron chi connectivity index (χ0n) is 18.0. The van der Waals surface area contributed by atoms with E-state index in [9.17, 15) is 21.9 Å². The summed E-state index contributed by atoms with van der Waals surface area (Å²) in [7, 11) is -7.10. The second-order valence-electron chi connectivity index (χ2n) is 8.49. The molecule has 0 radical (unpaired) electrons. The first-order chi connectivity index (χ1) is 15.7. The molecule has 4 aromatic rings. The van der Waals surface area contributed by atoms with Gasteiger partial charge < -0.3 is 14.7 Å². The van der Waals surface area contributed by atoms with E-state index in [1.165, 1.54) is 18.4 Å². The normalized spacial score (nSPS) is 19.9. The molecule has 5 rings (SSSR count). The Hall–Kier alpha value is -2.76. The molecular formula is C22H24N4O5S2. The fraction of sp³-hybridized carbons (Fsp3) is 0.364. The summed E-state index contributed by atoms with van der Waals surface area (Å²) in [4.78, 5) is 12.1. The number of aromatic nitrogens is 4. The molecule has 1 fully saturated rings. The molecule has 11 heteroatoms. The number of rotatable bonds is 5. The first-order valence-corrected chi connectivity index (χ1v) is 14.1. The van der Waals surface area contributed by atoms with Gasteiger partial charge in [0.05, 0.1) is 15.7 Å². The minimum absolute atomic E-state index is 0.108. The number of hydrogen-bond donors (Lipinski definition) is 2. The van der Waals surface area contributed by atoms with Crippen molar-refractivity contribution in [1.29, 1.82) is 0 Å². The molecule has 0 spiro atoms. The van der Waals surface area contributed by atoms with Crippen molar-refractivity contribution in [3.8, 4) is 0 Å². The van der Waals surface area contributed by atoms with Gasteiger partial charge in [-0.2, -0.15) is 0 Å². The van der Waals surface area contributed by atoms with E-state index in [2.05, 4.69) is 15.0 Å². The molecule has 0 amide bonds. The maximum atomic E-state index is 13.5. The lowest BCUT2D eigenvalue weighted by Crippen LogP contribution is -2.28. The number of aliphatic hydroxyl groups excluding tert-OH is 1. The first kappa shape index (κ1) is 22.1. The van der Waals surface area contributed by atoms with Crippen molar-refractivity contribution in [2.75, 3.05) is 6.26 Å². The van der Waals surface area contributed by atoms with Crippen molar-refractivity contribution in [3.05, 3.63) is 48.4 Å². The second-order valence-corrected chi connectivity index (χ2v) is 12.7. The van der Waals surface area contributed by atoms with E-state index >= 15 is 0 Å². The molecule has 0 bridgehead atoms. The Bertz CT molecular complexity index is 1550. The summed E-state index contributed by atoms with van der Waals surface area (Å²) in [5.74, 6) is 0.341. The smallest absolute Gasteiger partial charge is 0.226 e. The Morgan fingerprint density at radius 3 is 2.36 bits per heavy atom. The van der Waals surface area contributed by atoms with Crippen LogP contribution in [0.3, 0.4) is 0 Å². The van der Waals surface area contributed by atoms with Gasteiger partial charge in [0.2, 0.25) is 9.84 Å². The summed E-state index contributed by atoms with van der Waals surface area (Å²) in [6.45, 7) is -0.378. The Morgan fingerprint density at radius 1 is 1.03 bits per heavy atom. The molecule has 1 aromatic carbocycles.